The number of halogens is 1. The molecule has 0 unspecified atom stereocenters. The maximum absolute atomic E-state index is 13.0. The van der Waals surface area contributed by atoms with Crippen LogP contribution < -0.4 is 9.21 Å². The van der Waals surface area contributed by atoms with Crippen molar-refractivity contribution in [3.63, 3.8) is 0 Å². The molecule has 3 aromatic carbocycles. The maximum Gasteiger partial charge on any atom is 0.253 e. The van der Waals surface area contributed by atoms with Crippen LogP contribution in [0.1, 0.15) is 21.5 Å². The molecule has 0 aliphatic carbocycles. The lowest BCUT2D eigenvalue weighted by atomic mass is 10.1. The van der Waals surface area contributed by atoms with Crippen molar-refractivity contribution in [2.75, 3.05) is 41.6 Å². The molecule has 4 rings (SSSR count). The van der Waals surface area contributed by atoms with Crippen molar-refractivity contribution >= 4 is 38.9 Å². The van der Waals surface area contributed by atoms with E-state index in [-0.39, 0.29) is 12.5 Å². The predicted octanol–water partition coefficient (Wildman–Crippen LogP) is 4.58. The fourth-order valence-corrected chi connectivity index (χ4v) is 5.19. The second-order valence-electron chi connectivity index (χ2n) is 8.56. The second-order valence-corrected chi connectivity index (χ2v) is 10.9. The SMILES string of the molecule is Cc1cccc(N(Cc2ccc(C(=O)N3CCN(c4cccc(Cl)c4)CC3)cc2)S(C)(=O)=O)c1. The first kappa shape index (κ1) is 24.1. The van der Waals surface area contributed by atoms with E-state index in [1.807, 2.05) is 66.4 Å². The summed E-state index contributed by atoms with van der Waals surface area (Å²) >= 11 is 6.11. The van der Waals surface area contributed by atoms with Crippen molar-refractivity contribution in [1.29, 1.82) is 0 Å². The summed E-state index contributed by atoms with van der Waals surface area (Å²) in [6.07, 6.45) is 1.20. The third-order valence-electron chi connectivity index (χ3n) is 5.96. The molecule has 6 nitrogen and oxygen atoms in total. The number of carbonyl (C=O) groups is 1. The molecule has 0 N–H and O–H groups in total. The van der Waals surface area contributed by atoms with Gasteiger partial charge in [0.15, 0.2) is 0 Å². The van der Waals surface area contributed by atoms with Gasteiger partial charge in [0.05, 0.1) is 18.5 Å². The number of nitrogens with zero attached hydrogens (tertiary/aromatic N) is 3. The van der Waals surface area contributed by atoms with Crippen LogP contribution >= 0.6 is 11.6 Å². The van der Waals surface area contributed by atoms with E-state index in [2.05, 4.69) is 4.90 Å². The van der Waals surface area contributed by atoms with Crippen molar-refractivity contribution in [2.24, 2.45) is 0 Å². The molecule has 0 atom stereocenters. The van der Waals surface area contributed by atoms with Crippen LogP contribution in [-0.2, 0) is 16.6 Å². The van der Waals surface area contributed by atoms with Crippen LogP contribution in [0.5, 0.6) is 0 Å². The Bertz CT molecular complexity index is 1270. The first-order valence-electron chi connectivity index (χ1n) is 11.1. The first-order chi connectivity index (χ1) is 16.2. The Morgan fingerprint density at radius 3 is 2.24 bits per heavy atom. The fourth-order valence-electron chi connectivity index (χ4n) is 4.12. The third-order valence-corrected chi connectivity index (χ3v) is 7.33. The molecule has 178 valence electrons. The normalized spacial score (nSPS) is 14.2. The van der Waals surface area contributed by atoms with Crippen LogP contribution in [0.15, 0.2) is 72.8 Å². The van der Waals surface area contributed by atoms with Crippen LogP contribution in [-0.4, -0.2) is 51.7 Å². The average Bonchev–Trinajstić information content (AvgIpc) is 2.82. The fraction of sp³-hybridized carbons (Fsp3) is 0.269. The molecule has 0 aromatic heterocycles. The molecule has 1 aliphatic rings. The van der Waals surface area contributed by atoms with Crippen LogP contribution in [0.4, 0.5) is 11.4 Å². The standard InChI is InChI=1S/C26H28ClN3O3S/c1-20-5-3-8-25(17-20)30(34(2,32)33)19-21-9-11-22(12-10-21)26(31)29-15-13-28(14-16-29)24-7-4-6-23(27)18-24/h3-12,17-18H,13-16,19H2,1-2H3. The van der Waals surface area contributed by atoms with E-state index in [0.29, 0.717) is 29.4 Å². The zero-order valence-electron chi connectivity index (χ0n) is 19.3. The Hall–Kier alpha value is -3.03. The molecular formula is C26H28ClN3O3S. The van der Waals surface area contributed by atoms with Gasteiger partial charge < -0.3 is 9.80 Å². The number of piperazine rings is 1. The highest BCUT2D eigenvalue weighted by atomic mass is 35.5. The third kappa shape index (κ3) is 5.72. The van der Waals surface area contributed by atoms with Gasteiger partial charge in [-0.25, -0.2) is 8.42 Å². The van der Waals surface area contributed by atoms with Crippen molar-refractivity contribution in [1.82, 2.24) is 4.90 Å². The van der Waals surface area contributed by atoms with E-state index in [0.717, 1.165) is 29.9 Å². The minimum absolute atomic E-state index is 0.0176. The first-order valence-corrected chi connectivity index (χ1v) is 13.4. The minimum atomic E-state index is -3.46. The van der Waals surface area contributed by atoms with Gasteiger partial charge in [-0.05, 0) is 60.5 Å². The summed E-state index contributed by atoms with van der Waals surface area (Å²) in [5, 5.41) is 0.702. The lowest BCUT2D eigenvalue weighted by Gasteiger charge is -2.36. The number of amides is 1. The van der Waals surface area contributed by atoms with Gasteiger partial charge in [-0.2, -0.15) is 0 Å². The maximum atomic E-state index is 13.0. The van der Waals surface area contributed by atoms with E-state index in [9.17, 15) is 13.2 Å². The van der Waals surface area contributed by atoms with Gasteiger partial charge in [0.25, 0.3) is 5.91 Å². The summed E-state index contributed by atoms with van der Waals surface area (Å²) in [5.41, 5.74) is 4.09. The van der Waals surface area contributed by atoms with E-state index >= 15 is 0 Å². The summed E-state index contributed by atoms with van der Waals surface area (Å²) in [4.78, 5) is 17.1. The lowest BCUT2D eigenvalue weighted by Crippen LogP contribution is -2.48. The van der Waals surface area contributed by atoms with Crippen molar-refractivity contribution in [3.05, 3.63) is 94.5 Å². The molecule has 3 aromatic rings. The molecule has 1 aliphatic heterocycles. The average molecular weight is 498 g/mol. The smallest absolute Gasteiger partial charge is 0.253 e. The van der Waals surface area contributed by atoms with Gasteiger partial charge in [-0.3, -0.25) is 9.10 Å². The molecule has 8 heteroatoms. The van der Waals surface area contributed by atoms with Crippen molar-refractivity contribution in [2.45, 2.75) is 13.5 Å². The number of hydrogen-bond donors (Lipinski definition) is 0. The van der Waals surface area contributed by atoms with Gasteiger partial charge in [0.2, 0.25) is 10.0 Å². The lowest BCUT2D eigenvalue weighted by molar-refractivity contribution is 0.0746. The van der Waals surface area contributed by atoms with Crippen LogP contribution in [0.2, 0.25) is 5.02 Å². The summed E-state index contributed by atoms with van der Waals surface area (Å²) in [7, 11) is -3.46. The Kier molecular flexibility index (Phi) is 7.14. The zero-order valence-corrected chi connectivity index (χ0v) is 20.9. The molecule has 1 amide bonds. The molecule has 34 heavy (non-hydrogen) atoms. The van der Waals surface area contributed by atoms with Gasteiger partial charge in [0, 0.05) is 42.5 Å². The molecule has 0 spiro atoms. The van der Waals surface area contributed by atoms with Crippen molar-refractivity contribution < 1.29 is 13.2 Å². The number of rotatable bonds is 6. The molecule has 0 bridgehead atoms. The number of carbonyl (C=O) groups excluding carboxylic acids is 1. The van der Waals surface area contributed by atoms with Crippen molar-refractivity contribution in [3.8, 4) is 0 Å². The van der Waals surface area contributed by atoms with Crippen LogP contribution in [0.25, 0.3) is 0 Å². The van der Waals surface area contributed by atoms with Crippen LogP contribution in [0, 0.1) is 6.92 Å². The summed E-state index contributed by atoms with van der Waals surface area (Å²) in [5.74, 6) is -0.0176. The molecular weight excluding hydrogens is 470 g/mol. The number of hydrogen-bond acceptors (Lipinski definition) is 4. The predicted molar refractivity (Wildman–Crippen MR) is 138 cm³/mol. The van der Waals surface area contributed by atoms with Gasteiger partial charge in [-0.1, -0.05) is 41.9 Å². The number of benzene rings is 3. The van der Waals surface area contributed by atoms with Gasteiger partial charge >= 0.3 is 0 Å². The molecule has 1 saturated heterocycles. The summed E-state index contributed by atoms with van der Waals surface area (Å²) in [6.45, 7) is 4.87. The molecule has 1 heterocycles. The number of sulfonamides is 1. The van der Waals surface area contributed by atoms with Gasteiger partial charge in [0.1, 0.15) is 0 Å². The van der Waals surface area contributed by atoms with Crippen LogP contribution in [0.3, 0.4) is 0 Å². The highest BCUT2D eigenvalue weighted by molar-refractivity contribution is 7.92. The minimum Gasteiger partial charge on any atom is -0.368 e. The second kappa shape index (κ2) is 10.1. The Morgan fingerprint density at radius 1 is 0.941 bits per heavy atom. The summed E-state index contributed by atoms with van der Waals surface area (Å²) in [6, 6.07) is 22.4. The van der Waals surface area contributed by atoms with E-state index in [4.69, 9.17) is 11.6 Å². The molecule has 0 saturated carbocycles. The van der Waals surface area contributed by atoms with E-state index in [1.54, 1.807) is 18.2 Å². The Balaban J connectivity index is 1.41. The van der Waals surface area contributed by atoms with E-state index < -0.39 is 10.0 Å². The highest BCUT2D eigenvalue weighted by Gasteiger charge is 2.23. The Morgan fingerprint density at radius 2 is 1.62 bits per heavy atom. The number of aryl methyl sites for hydroxylation is 1. The highest BCUT2D eigenvalue weighted by Crippen LogP contribution is 2.23. The largest absolute Gasteiger partial charge is 0.368 e. The van der Waals surface area contributed by atoms with E-state index in [1.165, 1.54) is 10.6 Å². The topological polar surface area (TPSA) is 60.9 Å². The quantitative estimate of drug-likeness (QED) is 0.500. The van der Waals surface area contributed by atoms with Gasteiger partial charge in [-0.15, -0.1) is 0 Å². The summed E-state index contributed by atoms with van der Waals surface area (Å²) < 4.78 is 26.2. The molecule has 0 radical (unpaired) electrons. The zero-order chi connectivity index (χ0) is 24.3. The number of anilines is 2. The molecule has 1 fully saturated rings. The Labute approximate surface area is 206 Å². The monoisotopic (exact) mass is 497 g/mol.